The molecule has 2 aromatic rings. The van der Waals surface area contributed by atoms with E-state index in [1.54, 1.807) is 6.92 Å². The molecule has 2 heterocycles. The lowest BCUT2D eigenvalue weighted by Gasteiger charge is -2.03. The largest absolute Gasteiger partial charge is 0.461 e. The Labute approximate surface area is 131 Å². The van der Waals surface area contributed by atoms with Crippen molar-refractivity contribution >= 4 is 62.9 Å². The zero-order chi connectivity index (χ0) is 14.7. The maximum Gasteiger partial charge on any atom is 0.362 e. The molecular weight excluding hydrogens is 345 g/mol. The average molecular weight is 352 g/mol. The molecule has 0 bridgehead atoms. The van der Waals surface area contributed by atoms with Gasteiger partial charge in [-0.25, -0.2) is 4.79 Å². The van der Waals surface area contributed by atoms with Crippen molar-refractivity contribution in [3.05, 3.63) is 26.0 Å². The number of carbonyl (C=O) groups excluding carboxylic acids is 2. The van der Waals surface area contributed by atoms with Crippen LogP contribution in [0.3, 0.4) is 0 Å². The summed E-state index contributed by atoms with van der Waals surface area (Å²) in [5, 5.41) is 6.35. The second-order valence-electron chi connectivity index (χ2n) is 3.36. The number of halogens is 2. The molecule has 0 atom stereocenters. The summed E-state index contributed by atoms with van der Waals surface area (Å²) in [6.45, 7) is 1.87. The highest BCUT2D eigenvalue weighted by molar-refractivity contribution is 7.20. The number of rotatable bonds is 4. The summed E-state index contributed by atoms with van der Waals surface area (Å²) in [6, 6.07) is 1.45. The molecule has 10 heteroatoms. The zero-order valence-corrected chi connectivity index (χ0v) is 13.1. The summed E-state index contributed by atoms with van der Waals surface area (Å²) < 4.78 is 9.09. The van der Waals surface area contributed by atoms with Crippen LogP contribution in [0.1, 0.15) is 27.8 Å². The summed E-state index contributed by atoms with van der Waals surface area (Å²) in [5.41, 5.74) is 0.188. The van der Waals surface area contributed by atoms with E-state index in [-0.39, 0.29) is 27.2 Å². The van der Waals surface area contributed by atoms with Gasteiger partial charge in [0, 0.05) is 11.5 Å². The van der Waals surface area contributed by atoms with E-state index in [1.807, 2.05) is 0 Å². The highest BCUT2D eigenvalue weighted by Crippen LogP contribution is 2.32. The van der Waals surface area contributed by atoms with Gasteiger partial charge in [-0.3, -0.25) is 4.79 Å². The Kier molecular flexibility index (Phi) is 4.92. The zero-order valence-electron chi connectivity index (χ0n) is 9.98. The van der Waals surface area contributed by atoms with Gasteiger partial charge in [-0.1, -0.05) is 27.7 Å². The van der Waals surface area contributed by atoms with Gasteiger partial charge in [-0.2, -0.15) is 0 Å². The molecule has 0 unspecified atom stereocenters. The molecule has 2 aromatic heterocycles. The average Bonchev–Trinajstić information content (AvgIpc) is 2.96. The molecule has 0 saturated carbocycles. The summed E-state index contributed by atoms with van der Waals surface area (Å²) in [6.07, 6.45) is 0. The molecule has 0 saturated heterocycles. The second kappa shape index (κ2) is 6.49. The third-order valence-corrected chi connectivity index (χ3v) is 4.21. The molecule has 1 N–H and O–H groups in total. The lowest BCUT2D eigenvalue weighted by molar-refractivity contribution is 0.0520. The fourth-order valence-corrected chi connectivity index (χ4v) is 3.28. The molecule has 0 aliphatic rings. The van der Waals surface area contributed by atoms with Crippen molar-refractivity contribution in [2.75, 3.05) is 11.9 Å². The minimum absolute atomic E-state index is 0.0392. The Hall–Kier alpha value is -1.22. The van der Waals surface area contributed by atoms with E-state index < -0.39 is 11.9 Å². The quantitative estimate of drug-likeness (QED) is 0.854. The summed E-state index contributed by atoms with van der Waals surface area (Å²) in [5.74, 6) is -1.14. The Bertz CT molecular complexity index is 656. The van der Waals surface area contributed by atoms with Gasteiger partial charge in [0.1, 0.15) is 4.34 Å². The first-order valence-corrected chi connectivity index (χ1v) is 7.63. The third kappa shape index (κ3) is 3.26. The summed E-state index contributed by atoms with van der Waals surface area (Å²) in [4.78, 5) is 23.6. The van der Waals surface area contributed by atoms with Crippen LogP contribution in [0.4, 0.5) is 5.00 Å². The molecule has 106 valence electrons. The molecule has 20 heavy (non-hydrogen) atoms. The Morgan fingerprint density at radius 2 is 2.20 bits per heavy atom. The molecule has 0 aliphatic heterocycles. The van der Waals surface area contributed by atoms with Crippen LogP contribution in [0.2, 0.25) is 8.67 Å². The number of carbonyl (C=O) groups is 2. The van der Waals surface area contributed by atoms with E-state index in [9.17, 15) is 9.59 Å². The number of ether oxygens (including phenoxy) is 1. The number of amides is 1. The van der Waals surface area contributed by atoms with Crippen molar-refractivity contribution in [3.63, 3.8) is 0 Å². The van der Waals surface area contributed by atoms with Gasteiger partial charge in [-0.05, 0) is 13.0 Å². The molecule has 0 fully saturated rings. The Balaban J connectivity index is 2.19. The van der Waals surface area contributed by atoms with Crippen LogP contribution in [0.5, 0.6) is 0 Å². The lowest BCUT2D eigenvalue weighted by atomic mass is 10.3. The Morgan fingerprint density at radius 3 is 2.80 bits per heavy atom. The Morgan fingerprint density at radius 1 is 1.45 bits per heavy atom. The SMILES string of the molecule is CCOC(=O)c1nnsc1NC(=O)c1cc(Cl)sc1Cl. The first-order chi connectivity index (χ1) is 9.52. The van der Waals surface area contributed by atoms with E-state index in [1.165, 1.54) is 6.07 Å². The normalized spacial score (nSPS) is 10.3. The van der Waals surface area contributed by atoms with E-state index in [2.05, 4.69) is 14.9 Å². The monoisotopic (exact) mass is 351 g/mol. The number of nitrogens with zero attached hydrogens (tertiary/aromatic N) is 2. The number of nitrogens with one attached hydrogen (secondary N) is 1. The van der Waals surface area contributed by atoms with Crippen LogP contribution in [0.25, 0.3) is 0 Å². The molecule has 0 radical (unpaired) electrons. The number of anilines is 1. The van der Waals surface area contributed by atoms with Gasteiger partial charge < -0.3 is 10.1 Å². The molecule has 0 aromatic carbocycles. The first-order valence-electron chi connectivity index (χ1n) is 5.28. The number of hydrogen-bond acceptors (Lipinski definition) is 7. The predicted octanol–water partition coefficient (Wildman–Crippen LogP) is 3.34. The standard InChI is InChI=1S/C10H7Cl2N3O3S2/c1-2-18-10(17)6-9(20-15-14-6)13-8(16)4-3-5(11)19-7(4)12/h3H,2H2,1H3,(H,13,16). The number of esters is 1. The topological polar surface area (TPSA) is 81.2 Å². The second-order valence-corrected chi connectivity index (χ2v) is 6.40. The van der Waals surface area contributed by atoms with Crippen LogP contribution < -0.4 is 5.32 Å². The van der Waals surface area contributed by atoms with E-state index in [0.717, 1.165) is 22.9 Å². The van der Waals surface area contributed by atoms with Crippen LogP contribution >= 0.6 is 46.1 Å². The number of aromatic nitrogens is 2. The van der Waals surface area contributed by atoms with Crippen molar-refractivity contribution in [2.24, 2.45) is 0 Å². The molecule has 2 rings (SSSR count). The van der Waals surface area contributed by atoms with Crippen molar-refractivity contribution < 1.29 is 14.3 Å². The minimum Gasteiger partial charge on any atom is -0.461 e. The van der Waals surface area contributed by atoms with Gasteiger partial charge in [0.2, 0.25) is 5.69 Å². The van der Waals surface area contributed by atoms with E-state index in [4.69, 9.17) is 27.9 Å². The summed E-state index contributed by atoms with van der Waals surface area (Å²) >= 11 is 13.6. The minimum atomic E-state index is -0.647. The molecule has 0 spiro atoms. The van der Waals surface area contributed by atoms with Gasteiger partial charge >= 0.3 is 5.97 Å². The predicted molar refractivity (Wildman–Crippen MR) is 78.2 cm³/mol. The number of thiophene rings is 1. The molecule has 1 amide bonds. The van der Waals surface area contributed by atoms with Crippen LogP contribution in [0, 0.1) is 0 Å². The van der Waals surface area contributed by atoms with Gasteiger partial charge in [-0.15, -0.1) is 16.4 Å². The maximum absolute atomic E-state index is 12.0. The fourth-order valence-electron chi connectivity index (χ4n) is 1.27. The molecule has 6 nitrogen and oxygen atoms in total. The van der Waals surface area contributed by atoms with Crippen LogP contribution in [0.15, 0.2) is 6.07 Å². The van der Waals surface area contributed by atoms with Crippen molar-refractivity contribution in [1.82, 2.24) is 9.59 Å². The van der Waals surface area contributed by atoms with Crippen LogP contribution in [-0.4, -0.2) is 28.1 Å². The van der Waals surface area contributed by atoms with Gasteiger partial charge in [0.05, 0.1) is 16.5 Å². The first kappa shape index (κ1) is 15.2. The van der Waals surface area contributed by atoms with Crippen molar-refractivity contribution in [3.8, 4) is 0 Å². The van der Waals surface area contributed by atoms with Gasteiger partial charge in [0.25, 0.3) is 5.91 Å². The van der Waals surface area contributed by atoms with Crippen molar-refractivity contribution in [1.29, 1.82) is 0 Å². The number of hydrogen-bond donors (Lipinski definition) is 1. The third-order valence-electron chi connectivity index (χ3n) is 2.09. The van der Waals surface area contributed by atoms with E-state index >= 15 is 0 Å². The highest BCUT2D eigenvalue weighted by Gasteiger charge is 2.21. The lowest BCUT2D eigenvalue weighted by Crippen LogP contribution is -2.14. The smallest absolute Gasteiger partial charge is 0.362 e. The molecular formula is C10H7Cl2N3O3S2. The maximum atomic E-state index is 12.0. The van der Waals surface area contributed by atoms with Crippen LogP contribution in [-0.2, 0) is 4.74 Å². The fraction of sp³-hybridized carbons (Fsp3) is 0.200. The molecule has 0 aliphatic carbocycles. The van der Waals surface area contributed by atoms with E-state index in [0.29, 0.717) is 4.34 Å². The highest BCUT2D eigenvalue weighted by atomic mass is 35.5. The van der Waals surface area contributed by atoms with Crippen molar-refractivity contribution in [2.45, 2.75) is 6.92 Å². The summed E-state index contributed by atoms with van der Waals surface area (Å²) in [7, 11) is 0. The van der Waals surface area contributed by atoms with Gasteiger partial charge in [0.15, 0.2) is 5.00 Å².